The van der Waals surface area contributed by atoms with Gasteiger partial charge in [0.05, 0.1) is 10.6 Å². The number of nitriles is 1. The number of carbonyl (C=O) groups excluding carboxylic acids is 1. The number of alkyl carbamates (subject to hydrolysis) is 1. The topological polar surface area (TPSA) is 134 Å². The van der Waals surface area contributed by atoms with Crippen LogP contribution < -0.4 is 16.0 Å². The van der Waals surface area contributed by atoms with Crippen LogP contribution in [0, 0.1) is 11.3 Å². The minimum absolute atomic E-state index is 0.0737. The Morgan fingerprint density at radius 2 is 2.15 bits per heavy atom. The smallest absolute Gasteiger partial charge is 0.407 e. The monoisotopic (exact) mass is 489 g/mol. The number of carboxylic acid groups (broad SMARTS) is 1. The molecule has 1 aromatic heterocycles. The maximum Gasteiger partial charge on any atom is 0.407 e. The predicted octanol–water partition coefficient (Wildman–Crippen LogP) is 4.02. The molecule has 4 N–H and O–H groups in total. The van der Waals surface area contributed by atoms with Crippen LogP contribution in [-0.4, -0.2) is 51.3 Å². The molecule has 10 heteroatoms. The van der Waals surface area contributed by atoms with Gasteiger partial charge in [-0.25, -0.2) is 9.59 Å². The van der Waals surface area contributed by atoms with Crippen molar-refractivity contribution in [2.75, 3.05) is 23.7 Å². The van der Waals surface area contributed by atoms with Crippen molar-refractivity contribution < 1.29 is 19.4 Å². The average molecular weight is 490 g/mol. The number of carboxylic acids is 1. The van der Waals surface area contributed by atoms with Gasteiger partial charge in [0.25, 0.3) is 0 Å². The molecule has 2 atom stereocenters. The number of aromatic carboxylic acids is 1. The van der Waals surface area contributed by atoms with E-state index in [-0.39, 0.29) is 29.5 Å². The maximum absolute atomic E-state index is 12.3. The Labute approximate surface area is 204 Å². The molecule has 1 fully saturated rings. The predicted molar refractivity (Wildman–Crippen MR) is 131 cm³/mol. The zero-order valence-corrected chi connectivity index (χ0v) is 20.8. The third-order valence-corrected chi connectivity index (χ3v) is 6.36. The van der Waals surface area contributed by atoms with E-state index in [0.717, 1.165) is 18.4 Å². The lowest BCUT2D eigenvalue weighted by Crippen LogP contribution is -2.49. The zero-order chi connectivity index (χ0) is 25.3. The molecule has 3 rings (SSSR count). The quantitative estimate of drug-likeness (QED) is 0.532. The molecule has 1 saturated heterocycles. The lowest BCUT2D eigenvalue weighted by atomic mass is 9.92. The largest absolute Gasteiger partial charge is 0.477 e. The summed E-state index contributed by atoms with van der Waals surface area (Å²) in [4.78, 5) is 25.7. The molecule has 1 unspecified atom stereocenters. The summed E-state index contributed by atoms with van der Waals surface area (Å²) in [7, 11) is 0. The van der Waals surface area contributed by atoms with Gasteiger partial charge in [0.15, 0.2) is 5.69 Å². The number of aromatic nitrogens is 1. The van der Waals surface area contributed by atoms with Crippen molar-refractivity contribution in [1.29, 1.82) is 5.26 Å². The van der Waals surface area contributed by atoms with Gasteiger partial charge in [-0.05, 0) is 52.5 Å². The van der Waals surface area contributed by atoms with Crippen LogP contribution in [0.4, 0.5) is 16.3 Å². The van der Waals surface area contributed by atoms with E-state index >= 15 is 0 Å². The Bertz CT molecular complexity index is 1070. The minimum atomic E-state index is -1.22. The van der Waals surface area contributed by atoms with Crippen LogP contribution in [0.5, 0.6) is 0 Å². The zero-order valence-electron chi connectivity index (χ0n) is 20.0. The van der Waals surface area contributed by atoms with Gasteiger partial charge >= 0.3 is 12.1 Å². The second-order valence-electron chi connectivity index (χ2n) is 9.92. The number of rotatable bonds is 5. The number of nitrogen functional groups attached to an aromatic ring is 1. The molecule has 9 nitrogen and oxygen atoms in total. The van der Waals surface area contributed by atoms with Crippen molar-refractivity contribution in [2.24, 2.45) is 0 Å². The third kappa shape index (κ3) is 5.50. The molecule has 2 heterocycles. The normalized spacial score (nSPS) is 22.6. The second-order valence-corrected chi connectivity index (χ2v) is 10.8. The van der Waals surface area contributed by atoms with Crippen LogP contribution in [0.15, 0.2) is 23.8 Å². The highest BCUT2D eigenvalue weighted by molar-refractivity contribution is 6.25. The van der Waals surface area contributed by atoms with Gasteiger partial charge in [-0.15, -0.1) is 11.6 Å². The van der Waals surface area contributed by atoms with E-state index in [1.54, 1.807) is 25.3 Å². The molecule has 0 bridgehead atoms. The summed E-state index contributed by atoms with van der Waals surface area (Å²) >= 11 is 6.72. The van der Waals surface area contributed by atoms with Gasteiger partial charge < -0.3 is 30.4 Å². The summed E-state index contributed by atoms with van der Waals surface area (Å²) in [5, 5.41) is 22.7. The first kappa shape index (κ1) is 25.5. The maximum atomic E-state index is 12.3. The van der Waals surface area contributed by atoms with Gasteiger partial charge in [-0.2, -0.15) is 5.26 Å². The molecule has 1 amide bonds. The Morgan fingerprint density at radius 3 is 2.74 bits per heavy atom. The fourth-order valence-corrected chi connectivity index (χ4v) is 4.59. The van der Waals surface area contributed by atoms with Gasteiger partial charge in [-0.3, -0.25) is 0 Å². The molecule has 0 spiro atoms. The van der Waals surface area contributed by atoms with Crippen LogP contribution in [0.2, 0.25) is 0 Å². The summed E-state index contributed by atoms with van der Waals surface area (Å²) in [6.45, 7) is 8.40. The van der Waals surface area contributed by atoms with Crippen LogP contribution >= 0.6 is 11.6 Å². The second kappa shape index (κ2) is 9.63. The van der Waals surface area contributed by atoms with Crippen molar-refractivity contribution in [3.63, 3.8) is 0 Å². The Morgan fingerprint density at radius 1 is 1.44 bits per heavy atom. The number of nitrogens with one attached hydrogen (secondary N) is 1. The molecule has 1 aliphatic carbocycles. The number of nitrogens with two attached hydrogens (primary N) is 1. The van der Waals surface area contributed by atoms with E-state index in [0.29, 0.717) is 25.3 Å². The van der Waals surface area contributed by atoms with Gasteiger partial charge in [0.1, 0.15) is 23.1 Å². The number of amides is 1. The number of piperidine rings is 1. The van der Waals surface area contributed by atoms with Gasteiger partial charge in [-0.1, -0.05) is 18.2 Å². The van der Waals surface area contributed by atoms with E-state index in [1.165, 1.54) is 0 Å². The molecule has 184 valence electrons. The molecule has 1 aromatic rings. The van der Waals surface area contributed by atoms with Gasteiger partial charge in [0, 0.05) is 25.7 Å². The van der Waals surface area contributed by atoms with Crippen LogP contribution in [0.1, 0.15) is 63.0 Å². The third-order valence-electron chi connectivity index (χ3n) is 5.96. The summed E-state index contributed by atoms with van der Waals surface area (Å²) < 4.78 is 6.94. The summed E-state index contributed by atoms with van der Waals surface area (Å²) in [6.07, 6.45) is 7.27. The van der Waals surface area contributed by atoms with Crippen molar-refractivity contribution >= 4 is 35.2 Å². The number of hydrogen-bond donors (Lipinski definition) is 3. The van der Waals surface area contributed by atoms with Crippen molar-refractivity contribution in [2.45, 2.75) is 70.0 Å². The summed E-state index contributed by atoms with van der Waals surface area (Å²) in [6, 6.07) is 1.86. The number of hydrogen-bond acceptors (Lipinski definition) is 6. The highest BCUT2D eigenvalue weighted by atomic mass is 35.5. The summed E-state index contributed by atoms with van der Waals surface area (Å²) in [5.41, 5.74) is 6.26. The number of allylic oxidation sites excluding steroid dienone is 4. The lowest BCUT2D eigenvalue weighted by Gasteiger charge is -2.36. The van der Waals surface area contributed by atoms with Gasteiger partial charge in [0.2, 0.25) is 0 Å². The molecule has 34 heavy (non-hydrogen) atoms. The van der Waals surface area contributed by atoms with Crippen molar-refractivity contribution in [3.05, 3.63) is 35.1 Å². The van der Waals surface area contributed by atoms with E-state index in [4.69, 9.17) is 22.1 Å². The first-order valence-electron chi connectivity index (χ1n) is 11.3. The lowest BCUT2D eigenvalue weighted by molar-refractivity contribution is 0.0499. The van der Waals surface area contributed by atoms with Crippen LogP contribution in [0.3, 0.4) is 0 Å². The number of ether oxygens (including phenoxy) is 1. The average Bonchev–Trinajstić information content (AvgIpc) is 2.99. The molecule has 1 aliphatic heterocycles. The number of anilines is 2. The minimum Gasteiger partial charge on any atom is -0.477 e. The Balaban J connectivity index is 1.98. The molecule has 0 saturated carbocycles. The first-order valence-corrected chi connectivity index (χ1v) is 11.7. The van der Waals surface area contributed by atoms with Crippen LogP contribution in [-0.2, 0) is 11.3 Å². The molecule has 0 aromatic carbocycles. The highest BCUT2D eigenvalue weighted by Gasteiger charge is 2.35. The highest BCUT2D eigenvalue weighted by Crippen LogP contribution is 2.39. The van der Waals surface area contributed by atoms with Crippen molar-refractivity contribution in [3.8, 4) is 6.07 Å². The van der Waals surface area contributed by atoms with E-state index < -0.39 is 22.5 Å². The fourth-order valence-electron chi connectivity index (χ4n) is 4.38. The Hall–Kier alpha value is -3.12. The standard InChI is InChI=1S/C24H32ClN5O4/c1-23(2,3)34-22(33)28-16-9-7-11-29(14-16)20-17(12-26)18(27)19(21(31)32)30(20)13-15-8-5-6-10-24(15,4)25/h5-6,8,16H,7,9-11,13-14,27H2,1-4H3,(H,28,33)(H,31,32)/t16-,24?/m1/s1. The summed E-state index contributed by atoms with van der Waals surface area (Å²) in [5.74, 6) is -0.792. The van der Waals surface area contributed by atoms with Crippen LogP contribution in [0.25, 0.3) is 0 Å². The molecule has 2 aliphatic rings. The van der Waals surface area contributed by atoms with Crippen molar-refractivity contribution in [1.82, 2.24) is 9.88 Å². The molecule has 0 radical (unpaired) electrons. The van der Waals surface area contributed by atoms with E-state index in [1.807, 2.05) is 30.1 Å². The van der Waals surface area contributed by atoms with E-state index in [9.17, 15) is 20.0 Å². The number of carbonyl (C=O) groups is 2. The van der Waals surface area contributed by atoms with E-state index in [2.05, 4.69) is 11.4 Å². The molecular weight excluding hydrogens is 458 g/mol. The Kier molecular flexibility index (Phi) is 7.22. The number of nitrogens with zero attached hydrogens (tertiary/aromatic N) is 3. The number of alkyl halides is 1. The SMILES string of the molecule is CC(C)(C)OC(=O)N[C@@H]1CCCN(c2c(C#N)c(N)c(C(=O)O)n2CC2=CC=CCC2(C)Cl)C1. The fraction of sp³-hybridized carbons (Fsp3) is 0.542. The molecular formula is C24H32ClN5O4. The first-order chi connectivity index (χ1) is 15.8. The number of halogens is 1.